The Kier molecular flexibility index (Phi) is 6.51. The summed E-state index contributed by atoms with van der Waals surface area (Å²) in [6.07, 6.45) is 2.69. The zero-order chi connectivity index (χ0) is 14.7. The second-order valence-corrected chi connectivity index (χ2v) is 9.27. The summed E-state index contributed by atoms with van der Waals surface area (Å²) in [5.41, 5.74) is 0.895. The van der Waals surface area contributed by atoms with Crippen LogP contribution < -0.4 is 0 Å². The molecule has 0 spiro atoms. The van der Waals surface area contributed by atoms with Crippen LogP contribution in [0.4, 0.5) is 0 Å². The number of hydrogen-bond donors (Lipinski definition) is 0. The van der Waals surface area contributed by atoms with Gasteiger partial charge in [0.2, 0.25) is 0 Å². The van der Waals surface area contributed by atoms with Crippen LogP contribution in [0.25, 0.3) is 0 Å². The Hall–Kier alpha value is 0.0649. The Morgan fingerprint density at radius 3 is 1.44 bits per heavy atom. The van der Waals surface area contributed by atoms with E-state index in [4.69, 9.17) is 0 Å². The van der Waals surface area contributed by atoms with Crippen LogP contribution in [0.1, 0.15) is 75.2 Å². The molecule has 0 aliphatic heterocycles. The molecule has 108 valence electrons. The van der Waals surface area contributed by atoms with Gasteiger partial charge in [-0.15, -0.1) is 0 Å². The van der Waals surface area contributed by atoms with Crippen molar-refractivity contribution in [2.45, 2.75) is 81.0 Å². The highest BCUT2D eigenvalue weighted by Crippen LogP contribution is 2.41. The van der Waals surface area contributed by atoms with E-state index in [0.717, 1.165) is 23.6 Å². The van der Waals surface area contributed by atoms with E-state index in [1.807, 2.05) is 0 Å². The maximum Gasteiger partial charge on any atom is 0.105 e. The molecule has 4 unspecified atom stereocenters. The highest BCUT2D eigenvalue weighted by atomic mass is 14.4. The maximum atomic E-state index is 2.47. The monoisotopic (exact) mass is 252 g/mol. The summed E-state index contributed by atoms with van der Waals surface area (Å²) >= 11 is 0. The molecular formula is C17H37B. The number of hydrogen-bond acceptors (Lipinski definition) is 0. The molecule has 0 aromatic carbocycles. The van der Waals surface area contributed by atoms with Crippen molar-refractivity contribution in [3.63, 3.8) is 0 Å². The molecule has 0 aliphatic carbocycles. The first-order valence-electron chi connectivity index (χ1n) is 7.83. The molecule has 0 heterocycles. The third-order valence-electron chi connectivity index (χ3n) is 4.24. The fourth-order valence-electron chi connectivity index (χ4n) is 3.22. The summed E-state index contributed by atoms with van der Waals surface area (Å²) in [4.78, 5) is 0. The van der Waals surface area contributed by atoms with E-state index >= 15 is 0 Å². The second-order valence-electron chi connectivity index (χ2n) is 9.27. The van der Waals surface area contributed by atoms with E-state index in [1.165, 1.54) is 12.8 Å². The van der Waals surface area contributed by atoms with E-state index in [9.17, 15) is 0 Å². The summed E-state index contributed by atoms with van der Waals surface area (Å²) in [5.74, 6) is 3.28. The third kappa shape index (κ3) is 7.49. The van der Waals surface area contributed by atoms with Crippen molar-refractivity contribution in [3.05, 3.63) is 0 Å². The lowest BCUT2D eigenvalue weighted by molar-refractivity contribution is 0.134. The van der Waals surface area contributed by atoms with Crippen molar-refractivity contribution >= 4 is 7.85 Å². The zero-order valence-corrected chi connectivity index (χ0v) is 14.7. The van der Waals surface area contributed by atoms with Crippen LogP contribution in [0.3, 0.4) is 0 Å². The molecule has 4 atom stereocenters. The molecule has 0 rings (SSSR count). The quantitative estimate of drug-likeness (QED) is 0.591. The third-order valence-corrected chi connectivity index (χ3v) is 4.24. The van der Waals surface area contributed by atoms with Crippen LogP contribution in [-0.2, 0) is 0 Å². The molecule has 1 heteroatoms. The fourth-order valence-corrected chi connectivity index (χ4v) is 3.22. The van der Waals surface area contributed by atoms with E-state index in [-0.39, 0.29) is 0 Å². The molecule has 0 aromatic heterocycles. The van der Waals surface area contributed by atoms with Crippen LogP contribution in [-0.4, -0.2) is 7.85 Å². The topological polar surface area (TPSA) is 0 Å². The largest absolute Gasteiger partial charge is 0.105 e. The van der Waals surface area contributed by atoms with Crippen molar-refractivity contribution in [1.82, 2.24) is 0 Å². The van der Waals surface area contributed by atoms with Gasteiger partial charge in [-0.3, -0.25) is 0 Å². The van der Waals surface area contributed by atoms with Gasteiger partial charge in [0.1, 0.15) is 7.85 Å². The lowest BCUT2D eigenvalue weighted by Gasteiger charge is -2.39. The minimum Gasteiger partial charge on any atom is -0.0697 e. The summed E-state index contributed by atoms with van der Waals surface area (Å²) in [7, 11) is 2.38. The van der Waals surface area contributed by atoms with Gasteiger partial charge in [-0.05, 0) is 41.4 Å². The molecule has 0 aromatic rings. The minimum atomic E-state index is 0.444. The van der Waals surface area contributed by atoms with Crippen molar-refractivity contribution < 1.29 is 0 Å². The van der Waals surface area contributed by atoms with Gasteiger partial charge in [0.25, 0.3) is 0 Å². The molecule has 0 nitrogen and oxygen atoms in total. The first-order chi connectivity index (χ1) is 7.83. The van der Waals surface area contributed by atoms with E-state index in [2.05, 4.69) is 70.2 Å². The summed E-state index contributed by atoms with van der Waals surface area (Å²) in [6.45, 7) is 21.6. The average Bonchev–Trinajstić information content (AvgIpc) is 2.08. The van der Waals surface area contributed by atoms with E-state index < -0.39 is 0 Å². The highest BCUT2D eigenvalue weighted by Gasteiger charge is 2.31. The summed E-state index contributed by atoms with van der Waals surface area (Å²) in [6, 6.07) is 0. The fraction of sp³-hybridized carbons (Fsp3) is 1.00. The van der Waals surface area contributed by atoms with Gasteiger partial charge >= 0.3 is 0 Å². The molecule has 0 aliphatic rings. The van der Waals surface area contributed by atoms with Gasteiger partial charge in [0.15, 0.2) is 0 Å². The lowest BCUT2D eigenvalue weighted by Crippen LogP contribution is -2.29. The Bertz CT molecular complexity index is 229. The minimum absolute atomic E-state index is 0.444. The van der Waals surface area contributed by atoms with Gasteiger partial charge in [-0.2, -0.15) is 0 Å². The first kappa shape index (κ1) is 18.1. The van der Waals surface area contributed by atoms with Crippen LogP contribution in [0.15, 0.2) is 0 Å². The molecule has 18 heavy (non-hydrogen) atoms. The number of rotatable bonds is 5. The molecule has 0 radical (unpaired) electrons. The van der Waals surface area contributed by atoms with Crippen molar-refractivity contribution in [3.8, 4) is 0 Å². The van der Waals surface area contributed by atoms with Gasteiger partial charge in [0, 0.05) is 0 Å². The lowest BCUT2D eigenvalue weighted by atomic mass is 9.63. The Morgan fingerprint density at radius 1 is 0.778 bits per heavy atom. The van der Waals surface area contributed by atoms with Gasteiger partial charge in [-0.1, -0.05) is 68.1 Å². The molecule has 0 fully saturated rings. The van der Waals surface area contributed by atoms with Crippen LogP contribution in [0.5, 0.6) is 0 Å². The van der Waals surface area contributed by atoms with Gasteiger partial charge in [0.05, 0.1) is 0 Å². The zero-order valence-electron chi connectivity index (χ0n) is 14.7. The normalized spacial score (nSPS) is 20.3. The molecule has 0 N–H and O–H groups in total. The van der Waals surface area contributed by atoms with Crippen LogP contribution in [0, 0.1) is 28.6 Å². The second kappa shape index (κ2) is 6.48. The predicted octanol–water partition coefficient (Wildman–Crippen LogP) is 5.19. The summed E-state index contributed by atoms with van der Waals surface area (Å²) in [5, 5.41) is 0. The van der Waals surface area contributed by atoms with Crippen molar-refractivity contribution in [2.24, 2.45) is 28.6 Å². The summed E-state index contributed by atoms with van der Waals surface area (Å²) < 4.78 is 0. The Labute approximate surface area is 118 Å². The van der Waals surface area contributed by atoms with Crippen molar-refractivity contribution in [2.75, 3.05) is 0 Å². The van der Waals surface area contributed by atoms with Crippen molar-refractivity contribution in [1.29, 1.82) is 0 Å². The van der Waals surface area contributed by atoms with Gasteiger partial charge in [-0.25, -0.2) is 0 Å². The highest BCUT2D eigenvalue weighted by molar-refractivity contribution is 6.11. The average molecular weight is 252 g/mol. The molecule has 0 saturated carbocycles. The smallest absolute Gasteiger partial charge is 0.0697 e. The van der Waals surface area contributed by atoms with E-state index in [0.29, 0.717) is 10.8 Å². The van der Waals surface area contributed by atoms with Crippen LogP contribution in [0.2, 0.25) is 5.82 Å². The molecular weight excluding hydrogens is 215 g/mol. The molecule has 0 saturated heterocycles. The van der Waals surface area contributed by atoms with Gasteiger partial charge < -0.3 is 0 Å². The maximum absolute atomic E-state index is 2.47. The standard InChI is InChI=1S/C17H37B/c1-12(10-16(4,5)6)15(11-17(7,8)9)13(2)14(3)18/h12-15H,10-11,18H2,1-9H3. The SMILES string of the molecule is BC(C)C(C)C(CC(C)(C)C)C(C)CC(C)(C)C. The first-order valence-corrected chi connectivity index (χ1v) is 7.83. The Balaban J connectivity index is 4.86. The van der Waals surface area contributed by atoms with Crippen LogP contribution >= 0.6 is 0 Å². The molecule has 0 bridgehead atoms. The van der Waals surface area contributed by atoms with E-state index in [1.54, 1.807) is 0 Å². The predicted molar refractivity (Wildman–Crippen MR) is 87.9 cm³/mol. The molecule has 0 amide bonds. The Morgan fingerprint density at radius 2 is 1.17 bits per heavy atom.